The third-order valence-electron chi connectivity index (χ3n) is 1.97. The Morgan fingerprint density at radius 2 is 2.06 bits per heavy atom. The molecular formula is C10H14BFN2O3. The van der Waals surface area contributed by atoms with Crippen LogP contribution in [0.2, 0.25) is 0 Å². The zero-order chi connectivity index (χ0) is 13.0. The fraction of sp³-hybridized carbons (Fsp3) is 0.300. The van der Waals surface area contributed by atoms with E-state index in [0.29, 0.717) is 0 Å². The van der Waals surface area contributed by atoms with E-state index in [1.54, 1.807) is 13.8 Å². The van der Waals surface area contributed by atoms with E-state index in [-0.39, 0.29) is 17.2 Å². The monoisotopic (exact) mass is 240 g/mol. The predicted octanol–water partition coefficient (Wildman–Crippen LogP) is 0.0354. The summed E-state index contributed by atoms with van der Waals surface area (Å²) < 4.78 is 13.7. The maximum atomic E-state index is 13.7. The summed E-state index contributed by atoms with van der Waals surface area (Å²) >= 11 is 0. The van der Waals surface area contributed by atoms with Crippen LogP contribution in [0.25, 0.3) is 0 Å². The highest BCUT2D eigenvalue weighted by atomic mass is 19.1. The third kappa shape index (κ3) is 3.72. The van der Waals surface area contributed by atoms with Gasteiger partial charge in [0.05, 0.1) is 5.69 Å². The maximum Gasteiger partial charge on any atom is 0.491 e. The van der Waals surface area contributed by atoms with E-state index in [2.05, 4.69) is 10.6 Å². The number of hydrogen-bond donors (Lipinski definition) is 4. The molecule has 0 spiro atoms. The molecule has 2 amide bonds. The summed E-state index contributed by atoms with van der Waals surface area (Å²) in [6.07, 6.45) is 0. The van der Waals surface area contributed by atoms with Crippen LogP contribution in [0, 0.1) is 5.82 Å². The zero-order valence-electron chi connectivity index (χ0n) is 9.57. The molecule has 0 aromatic heterocycles. The summed E-state index contributed by atoms with van der Waals surface area (Å²) in [6, 6.07) is 3.35. The van der Waals surface area contributed by atoms with Crippen molar-refractivity contribution >= 4 is 24.3 Å². The summed E-state index contributed by atoms with van der Waals surface area (Å²) in [7, 11) is -1.91. The van der Waals surface area contributed by atoms with Crippen molar-refractivity contribution in [2.75, 3.05) is 5.32 Å². The lowest BCUT2D eigenvalue weighted by Crippen LogP contribution is -2.36. The molecule has 0 aliphatic rings. The summed E-state index contributed by atoms with van der Waals surface area (Å²) in [6.45, 7) is 3.54. The van der Waals surface area contributed by atoms with Gasteiger partial charge in [0.15, 0.2) is 0 Å². The average Bonchev–Trinajstić information content (AvgIpc) is 2.19. The molecule has 0 aliphatic carbocycles. The summed E-state index contributed by atoms with van der Waals surface area (Å²) in [5.41, 5.74) is -0.388. The first-order valence-corrected chi connectivity index (χ1v) is 5.14. The van der Waals surface area contributed by atoms with Crippen LogP contribution in [0.15, 0.2) is 18.2 Å². The molecule has 7 heteroatoms. The lowest BCUT2D eigenvalue weighted by Gasteiger charge is -2.12. The second-order valence-corrected chi connectivity index (χ2v) is 3.84. The minimum Gasteiger partial charge on any atom is -0.423 e. The number of urea groups is 1. The van der Waals surface area contributed by atoms with Crippen LogP contribution in [-0.2, 0) is 0 Å². The Morgan fingerprint density at radius 1 is 1.41 bits per heavy atom. The highest BCUT2D eigenvalue weighted by Gasteiger charge is 2.19. The first-order chi connectivity index (χ1) is 7.91. The van der Waals surface area contributed by atoms with Crippen LogP contribution >= 0.6 is 0 Å². The molecule has 0 atom stereocenters. The van der Waals surface area contributed by atoms with E-state index in [0.717, 1.165) is 0 Å². The van der Waals surface area contributed by atoms with Gasteiger partial charge in [0, 0.05) is 11.5 Å². The highest BCUT2D eigenvalue weighted by molar-refractivity contribution is 6.58. The largest absolute Gasteiger partial charge is 0.491 e. The van der Waals surface area contributed by atoms with Crippen LogP contribution in [-0.4, -0.2) is 29.2 Å². The van der Waals surface area contributed by atoms with E-state index >= 15 is 0 Å². The maximum absolute atomic E-state index is 13.7. The van der Waals surface area contributed by atoms with Gasteiger partial charge in [-0.05, 0) is 19.9 Å². The first-order valence-electron chi connectivity index (χ1n) is 5.14. The molecule has 0 heterocycles. The van der Waals surface area contributed by atoms with Gasteiger partial charge in [-0.3, -0.25) is 0 Å². The Balaban J connectivity index is 2.85. The molecule has 1 aromatic carbocycles. The third-order valence-corrected chi connectivity index (χ3v) is 1.97. The van der Waals surface area contributed by atoms with E-state index in [1.165, 1.54) is 18.2 Å². The SMILES string of the molecule is CC(C)NC(=O)Nc1cccc(B(O)O)c1F. The summed E-state index contributed by atoms with van der Waals surface area (Å²) in [4.78, 5) is 11.3. The summed E-state index contributed by atoms with van der Waals surface area (Å²) in [5.74, 6) is -0.860. The quantitative estimate of drug-likeness (QED) is 0.563. The molecule has 1 aromatic rings. The van der Waals surface area contributed by atoms with Gasteiger partial charge in [-0.15, -0.1) is 0 Å². The molecule has 17 heavy (non-hydrogen) atoms. The Kier molecular flexibility index (Phi) is 4.48. The molecule has 0 saturated carbocycles. The van der Waals surface area contributed by atoms with Crippen LogP contribution in [0.1, 0.15) is 13.8 Å². The lowest BCUT2D eigenvalue weighted by molar-refractivity contribution is 0.250. The van der Waals surface area contributed by atoms with E-state index in [9.17, 15) is 9.18 Å². The number of carbonyl (C=O) groups excluding carboxylic acids is 1. The first kappa shape index (κ1) is 13.5. The second kappa shape index (κ2) is 5.65. The van der Waals surface area contributed by atoms with Gasteiger partial charge in [0.1, 0.15) is 5.82 Å². The number of amides is 2. The van der Waals surface area contributed by atoms with Crippen LogP contribution in [0.4, 0.5) is 14.9 Å². The van der Waals surface area contributed by atoms with Gasteiger partial charge >= 0.3 is 13.1 Å². The predicted molar refractivity (Wildman–Crippen MR) is 63.5 cm³/mol. The van der Waals surface area contributed by atoms with Gasteiger partial charge in [0.2, 0.25) is 0 Å². The Morgan fingerprint density at radius 3 is 2.59 bits per heavy atom. The molecule has 1 rings (SSSR count). The van der Waals surface area contributed by atoms with Crippen LogP contribution < -0.4 is 16.1 Å². The van der Waals surface area contributed by atoms with Gasteiger partial charge in [-0.2, -0.15) is 0 Å². The van der Waals surface area contributed by atoms with E-state index in [1.807, 2.05) is 0 Å². The van der Waals surface area contributed by atoms with Gasteiger partial charge < -0.3 is 20.7 Å². The highest BCUT2D eigenvalue weighted by Crippen LogP contribution is 2.11. The van der Waals surface area contributed by atoms with E-state index < -0.39 is 19.0 Å². The number of nitrogens with one attached hydrogen (secondary N) is 2. The molecule has 5 nitrogen and oxygen atoms in total. The minimum absolute atomic E-state index is 0.0790. The standard InChI is InChI=1S/C10H14BFN2O3/c1-6(2)13-10(15)14-8-5-3-4-7(9(8)12)11(16)17/h3-6,16-17H,1-2H3,(H2,13,14,15). The Bertz CT molecular complexity index is 413. The minimum atomic E-state index is -1.91. The van der Waals surface area contributed by atoms with Crippen molar-refractivity contribution in [3.8, 4) is 0 Å². The summed E-state index contributed by atoms with van der Waals surface area (Å²) in [5, 5.41) is 22.6. The van der Waals surface area contributed by atoms with Crippen molar-refractivity contribution in [3.63, 3.8) is 0 Å². The van der Waals surface area contributed by atoms with Gasteiger partial charge in [0.25, 0.3) is 0 Å². The van der Waals surface area contributed by atoms with Crippen molar-refractivity contribution in [2.24, 2.45) is 0 Å². The number of hydrogen-bond acceptors (Lipinski definition) is 3. The molecule has 92 valence electrons. The van der Waals surface area contributed by atoms with Crippen LogP contribution in [0.5, 0.6) is 0 Å². The van der Waals surface area contributed by atoms with Crippen molar-refractivity contribution < 1.29 is 19.2 Å². The van der Waals surface area contributed by atoms with Crippen LogP contribution in [0.3, 0.4) is 0 Å². The van der Waals surface area contributed by atoms with Crippen molar-refractivity contribution in [2.45, 2.75) is 19.9 Å². The Hall–Kier alpha value is -1.60. The molecular weight excluding hydrogens is 226 g/mol. The van der Waals surface area contributed by atoms with Crippen molar-refractivity contribution in [1.82, 2.24) is 5.32 Å². The fourth-order valence-electron chi connectivity index (χ4n) is 1.27. The zero-order valence-corrected chi connectivity index (χ0v) is 9.57. The van der Waals surface area contributed by atoms with Crippen molar-refractivity contribution in [1.29, 1.82) is 0 Å². The molecule has 0 radical (unpaired) electrons. The molecule has 0 saturated heterocycles. The molecule has 0 fully saturated rings. The van der Waals surface area contributed by atoms with Gasteiger partial charge in [-0.1, -0.05) is 12.1 Å². The number of benzene rings is 1. The molecule has 4 N–H and O–H groups in total. The number of carbonyl (C=O) groups is 1. The van der Waals surface area contributed by atoms with E-state index in [4.69, 9.17) is 10.0 Å². The smallest absolute Gasteiger partial charge is 0.423 e. The van der Waals surface area contributed by atoms with Crippen molar-refractivity contribution in [3.05, 3.63) is 24.0 Å². The average molecular weight is 240 g/mol. The van der Waals surface area contributed by atoms with Gasteiger partial charge in [-0.25, -0.2) is 9.18 Å². The fourth-order valence-corrected chi connectivity index (χ4v) is 1.27. The second-order valence-electron chi connectivity index (χ2n) is 3.84. The number of halogens is 1. The Labute approximate surface area is 98.8 Å². The normalized spacial score (nSPS) is 10.2. The topological polar surface area (TPSA) is 81.6 Å². The number of rotatable bonds is 3. The number of anilines is 1. The molecule has 0 bridgehead atoms. The molecule has 0 unspecified atom stereocenters. The molecule has 0 aliphatic heterocycles. The lowest BCUT2D eigenvalue weighted by atomic mass is 9.79.